The molecule has 1 aliphatic rings. The Morgan fingerprint density at radius 2 is 1.79 bits per heavy atom. The Hall–Kier alpha value is -1.19. The molecule has 1 atom stereocenters. The van der Waals surface area contributed by atoms with Crippen molar-refractivity contribution in [3.8, 4) is 5.75 Å². The van der Waals surface area contributed by atoms with E-state index in [0.29, 0.717) is 24.7 Å². The lowest BCUT2D eigenvalue weighted by Gasteiger charge is -2.31. The summed E-state index contributed by atoms with van der Waals surface area (Å²) in [4.78, 5) is 4.20. The van der Waals surface area contributed by atoms with E-state index in [1.54, 1.807) is 14.2 Å². The third kappa shape index (κ3) is 7.67. The van der Waals surface area contributed by atoms with Crippen molar-refractivity contribution < 1.29 is 17.9 Å². The molecule has 0 aromatic heterocycles. The molecule has 8 heteroatoms. The molecule has 2 N–H and O–H groups in total. The maximum absolute atomic E-state index is 12.8. The number of rotatable bonds is 6. The number of nitrogens with zero attached hydrogens (tertiary/aromatic N) is 1. The second-order valence-corrected chi connectivity index (χ2v) is 7.20. The summed E-state index contributed by atoms with van der Waals surface area (Å²) < 4.78 is 43.4. The van der Waals surface area contributed by atoms with Gasteiger partial charge in [0.2, 0.25) is 0 Å². The van der Waals surface area contributed by atoms with Crippen molar-refractivity contribution in [2.24, 2.45) is 10.9 Å². The van der Waals surface area contributed by atoms with Crippen molar-refractivity contribution in [2.45, 2.75) is 57.2 Å². The molecule has 0 spiro atoms. The molecule has 0 radical (unpaired) electrons. The van der Waals surface area contributed by atoms with Gasteiger partial charge in [-0.2, -0.15) is 13.2 Å². The lowest BCUT2D eigenvalue weighted by atomic mass is 9.85. The van der Waals surface area contributed by atoms with Crippen LogP contribution in [0.5, 0.6) is 5.75 Å². The molecule has 0 bridgehead atoms. The molecule has 160 valence electrons. The maximum atomic E-state index is 12.8. The highest BCUT2D eigenvalue weighted by atomic mass is 127. The van der Waals surface area contributed by atoms with E-state index in [-0.39, 0.29) is 42.9 Å². The van der Waals surface area contributed by atoms with Gasteiger partial charge in [-0.05, 0) is 55.7 Å². The monoisotopic (exact) mass is 513 g/mol. The van der Waals surface area contributed by atoms with E-state index in [2.05, 4.69) is 34.7 Å². The standard InChI is InChI=1S/C20H30F3N3O.HI/c1-14(15-4-10-18(27-3)11-5-15)12-13-25-19(24-2)26-17-8-6-16(7-9-17)20(21,22)23;/h4-5,10-11,14,16-17H,6-9,12-13H2,1-3H3,(H2,24,25,26);1H. The van der Waals surface area contributed by atoms with Gasteiger partial charge in [0.05, 0.1) is 13.0 Å². The molecule has 1 saturated carbocycles. The highest BCUT2D eigenvalue weighted by Crippen LogP contribution is 2.37. The van der Waals surface area contributed by atoms with Crippen molar-refractivity contribution in [1.29, 1.82) is 0 Å². The van der Waals surface area contributed by atoms with Crippen molar-refractivity contribution in [3.63, 3.8) is 0 Å². The fourth-order valence-corrected chi connectivity index (χ4v) is 3.46. The Morgan fingerprint density at radius 3 is 2.29 bits per heavy atom. The van der Waals surface area contributed by atoms with Crippen LogP contribution in [0.25, 0.3) is 0 Å². The Kier molecular flexibility index (Phi) is 10.4. The van der Waals surface area contributed by atoms with Gasteiger partial charge in [-0.25, -0.2) is 0 Å². The molecule has 1 aliphatic carbocycles. The average Bonchev–Trinajstić information content (AvgIpc) is 2.66. The second kappa shape index (κ2) is 11.7. The minimum Gasteiger partial charge on any atom is -0.497 e. The highest BCUT2D eigenvalue weighted by molar-refractivity contribution is 14.0. The maximum Gasteiger partial charge on any atom is 0.391 e. The lowest BCUT2D eigenvalue weighted by molar-refractivity contribution is -0.182. The summed E-state index contributed by atoms with van der Waals surface area (Å²) in [5.41, 5.74) is 1.24. The molecule has 2 rings (SSSR count). The first kappa shape index (κ1) is 24.8. The Balaban J connectivity index is 0.00000392. The van der Waals surface area contributed by atoms with Gasteiger partial charge in [0.25, 0.3) is 0 Å². The number of hydrogen-bond acceptors (Lipinski definition) is 2. The minimum absolute atomic E-state index is 0. The summed E-state index contributed by atoms with van der Waals surface area (Å²) in [6, 6.07) is 8.09. The highest BCUT2D eigenvalue weighted by Gasteiger charge is 2.41. The summed E-state index contributed by atoms with van der Waals surface area (Å²) in [6.45, 7) is 2.91. The van der Waals surface area contributed by atoms with Gasteiger partial charge in [-0.3, -0.25) is 4.99 Å². The summed E-state index contributed by atoms with van der Waals surface area (Å²) in [5, 5.41) is 6.53. The van der Waals surface area contributed by atoms with Crippen molar-refractivity contribution in [3.05, 3.63) is 29.8 Å². The topological polar surface area (TPSA) is 45.7 Å². The van der Waals surface area contributed by atoms with E-state index >= 15 is 0 Å². The molecular formula is C20H31F3IN3O. The van der Waals surface area contributed by atoms with E-state index in [1.165, 1.54) is 5.56 Å². The number of guanidine groups is 1. The number of hydrogen-bond donors (Lipinski definition) is 2. The molecule has 1 aromatic carbocycles. The lowest BCUT2D eigenvalue weighted by Crippen LogP contribution is -2.46. The normalized spacial score (nSPS) is 21.4. The quantitative estimate of drug-likeness (QED) is 0.317. The third-order valence-corrected chi connectivity index (χ3v) is 5.31. The predicted octanol–water partition coefficient (Wildman–Crippen LogP) is 5.09. The van der Waals surface area contributed by atoms with Gasteiger partial charge >= 0.3 is 6.18 Å². The molecule has 0 saturated heterocycles. The van der Waals surface area contributed by atoms with Crippen LogP contribution in [0.15, 0.2) is 29.3 Å². The smallest absolute Gasteiger partial charge is 0.391 e. The molecule has 4 nitrogen and oxygen atoms in total. The largest absolute Gasteiger partial charge is 0.497 e. The number of ether oxygens (including phenoxy) is 1. The van der Waals surface area contributed by atoms with Gasteiger partial charge in [0.1, 0.15) is 5.75 Å². The van der Waals surface area contributed by atoms with Crippen LogP contribution in [0, 0.1) is 5.92 Å². The van der Waals surface area contributed by atoms with E-state index in [1.807, 2.05) is 12.1 Å². The predicted molar refractivity (Wildman–Crippen MR) is 118 cm³/mol. The van der Waals surface area contributed by atoms with Gasteiger partial charge in [-0.15, -0.1) is 24.0 Å². The fraction of sp³-hybridized carbons (Fsp3) is 0.650. The zero-order valence-corrected chi connectivity index (χ0v) is 19.0. The van der Waals surface area contributed by atoms with Crippen LogP contribution >= 0.6 is 24.0 Å². The van der Waals surface area contributed by atoms with Crippen LogP contribution in [0.1, 0.15) is 50.5 Å². The number of aliphatic imine (C=N–C) groups is 1. The molecule has 0 heterocycles. The van der Waals surface area contributed by atoms with Gasteiger partial charge in [-0.1, -0.05) is 19.1 Å². The van der Waals surface area contributed by atoms with E-state index in [9.17, 15) is 13.2 Å². The van der Waals surface area contributed by atoms with E-state index in [4.69, 9.17) is 4.74 Å². The van der Waals surface area contributed by atoms with Gasteiger partial charge in [0.15, 0.2) is 5.96 Å². The Labute approximate surface area is 182 Å². The van der Waals surface area contributed by atoms with Gasteiger partial charge in [0, 0.05) is 19.6 Å². The SMILES string of the molecule is CN=C(NCCC(C)c1ccc(OC)cc1)NC1CCC(C(F)(F)F)CC1.I. The third-order valence-electron chi connectivity index (χ3n) is 5.31. The molecule has 28 heavy (non-hydrogen) atoms. The summed E-state index contributed by atoms with van der Waals surface area (Å²) in [7, 11) is 3.33. The fourth-order valence-electron chi connectivity index (χ4n) is 3.46. The molecule has 1 fully saturated rings. The van der Waals surface area contributed by atoms with Crippen LogP contribution in [-0.2, 0) is 0 Å². The number of benzene rings is 1. The average molecular weight is 513 g/mol. The van der Waals surface area contributed by atoms with Crippen LogP contribution in [-0.4, -0.2) is 38.9 Å². The Morgan fingerprint density at radius 1 is 1.18 bits per heavy atom. The first-order valence-corrected chi connectivity index (χ1v) is 9.51. The second-order valence-electron chi connectivity index (χ2n) is 7.20. The number of halogens is 4. The molecular weight excluding hydrogens is 482 g/mol. The number of alkyl halides is 3. The van der Waals surface area contributed by atoms with Crippen LogP contribution in [0.2, 0.25) is 0 Å². The summed E-state index contributed by atoms with van der Waals surface area (Å²) >= 11 is 0. The first-order chi connectivity index (χ1) is 12.8. The first-order valence-electron chi connectivity index (χ1n) is 9.51. The zero-order chi connectivity index (χ0) is 19.9. The van der Waals surface area contributed by atoms with Crippen LogP contribution in [0.3, 0.4) is 0 Å². The van der Waals surface area contributed by atoms with Gasteiger partial charge < -0.3 is 15.4 Å². The molecule has 1 unspecified atom stereocenters. The van der Waals surface area contributed by atoms with Crippen molar-refractivity contribution in [1.82, 2.24) is 10.6 Å². The minimum atomic E-state index is -4.07. The van der Waals surface area contributed by atoms with E-state index in [0.717, 1.165) is 18.7 Å². The molecule has 1 aromatic rings. The summed E-state index contributed by atoms with van der Waals surface area (Å²) in [6.07, 6.45) is -1.73. The van der Waals surface area contributed by atoms with Crippen molar-refractivity contribution >= 4 is 29.9 Å². The molecule has 0 amide bonds. The molecule has 0 aliphatic heterocycles. The number of methoxy groups -OCH3 is 1. The number of nitrogens with one attached hydrogen (secondary N) is 2. The van der Waals surface area contributed by atoms with Crippen LogP contribution < -0.4 is 15.4 Å². The zero-order valence-electron chi connectivity index (χ0n) is 16.7. The van der Waals surface area contributed by atoms with Crippen molar-refractivity contribution in [2.75, 3.05) is 20.7 Å². The Bertz CT molecular complexity index is 600. The summed E-state index contributed by atoms with van der Waals surface area (Å²) in [5.74, 6) is 0.723. The van der Waals surface area contributed by atoms with E-state index < -0.39 is 12.1 Å². The van der Waals surface area contributed by atoms with Crippen LogP contribution in [0.4, 0.5) is 13.2 Å².